The molecular weight excluding hydrogens is 238 g/mol. The molecule has 1 aromatic carbocycles. The minimum Gasteiger partial charge on any atom is -0.459 e. The molecule has 2 heterocycles. The number of hydrogen-bond donors (Lipinski definition) is 1. The van der Waals surface area contributed by atoms with Crippen LogP contribution in [0.3, 0.4) is 0 Å². The second-order valence-electron chi connectivity index (χ2n) is 4.59. The van der Waals surface area contributed by atoms with Gasteiger partial charge in [-0.2, -0.15) is 10.2 Å². The molecule has 0 aliphatic carbocycles. The number of nitrogens with one attached hydrogen (secondary N) is 1. The van der Waals surface area contributed by atoms with E-state index in [0.29, 0.717) is 0 Å². The Balaban J connectivity index is 2.07. The smallest absolute Gasteiger partial charge is 0.134 e. The van der Waals surface area contributed by atoms with E-state index in [2.05, 4.69) is 40.6 Å². The van der Waals surface area contributed by atoms with Crippen LogP contribution in [0.15, 0.2) is 47.1 Å². The molecule has 4 heteroatoms. The van der Waals surface area contributed by atoms with Crippen LogP contribution in [0.2, 0.25) is 0 Å². The minimum absolute atomic E-state index is 0.0109. The summed E-state index contributed by atoms with van der Waals surface area (Å²) in [5.74, 6) is 0.885. The number of benzene rings is 1. The van der Waals surface area contributed by atoms with Crippen LogP contribution in [0.25, 0.3) is 11.0 Å². The van der Waals surface area contributed by atoms with Gasteiger partial charge >= 0.3 is 0 Å². The number of hydrogen-bond acceptors (Lipinski definition) is 4. The van der Waals surface area contributed by atoms with E-state index in [1.165, 1.54) is 5.56 Å². The summed E-state index contributed by atoms with van der Waals surface area (Å²) in [5, 5.41) is 12.1. The molecule has 1 unspecified atom stereocenters. The highest BCUT2D eigenvalue weighted by atomic mass is 16.3. The lowest BCUT2D eigenvalue weighted by Crippen LogP contribution is -2.17. The SMILES string of the molecule is CNC(c1ccnnc1)c1cc2cc(C)ccc2o1. The zero-order chi connectivity index (χ0) is 13.2. The summed E-state index contributed by atoms with van der Waals surface area (Å²) in [4.78, 5) is 0. The van der Waals surface area contributed by atoms with E-state index in [0.717, 1.165) is 22.3 Å². The third-order valence-corrected chi connectivity index (χ3v) is 3.20. The van der Waals surface area contributed by atoms with E-state index in [4.69, 9.17) is 4.42 Å². The average molecular weight is 253 g/mol. The van der Waals surface area contributed by atoms with Crippen molar-refractivity contribution < 1.29 is 4.42 Å². The number of aromatic nitrogens is 2. The molecule has 0 amide bonds. The lowest BCUT2D eigenvalue weighted by atomic mass is 10.1. The Morgan fingerprint density at radius 3 is 2.79 bits per heavy atom. The monoisotopic (exact) mass is 253 g/mol. The first kappa shape index (κ1) is 11.9. The van der Waals surface area contributed by atoms with Crippen molar-refractivity contribution in [1.29, 1.82) is 0 Å². The average Bonchev–Trinajstić information content (AvgIpc) is 2.83. The van der Waals surface area contributed by atoms with Gasteiger partial charge in [0.25, 0.3) is 0 Å². The van der Waals surface area contributed by atoms with Crippen LogP contribution in [0.1, 0.15) is 22.9 Å². The van der Waals surface area contributed by atoms with Gasteiger partial charge in [0.05, 0.1) is 12.2 Å². The fraction of sp³-hybridized carbons (Fsp3) is 0.200. The molecule has 0 radical (unpaired) electrons. The summed E-state index contributed by atoms with van der Waals surface area (Å²) < 4.78 is 5.92. The molecule has 3 rings (SSSR count). The number of aryl methyl sites for hydroxylation is 1. The molecule has 0 aliphatic rings. The predicted molar refractivity (Wildman–Crippen MR) is 73.9 cm³/mol. The van der Waals surface area contributed by atoms with Crippen LogP contribution in [0.5, 0.6) is 0 Å². The van der Waals surface area contributed by atoms with Crippen molar-refractivity contribution in [3.05, 3.63) is 59.6 Å². The van der Waals surface area contributed by atoms with Gasteiger partial charge in [-0.05, 0) is 43.8 Å². The van der Waals surface area contributed by atoms with Gasteiger partial charge in [0.1, 0.15) is 11.3 Å². The van der Waals surface area contributed by atoms with Gasteiger partial charge in [0.2, 0.25) is 0 Å². The maximum Gasteiger partial charge on any atom is 0.134 e. The molecule has 0 aliphatic heterocycles. The third-order valence-electron chi connectivity index (χ3n) is 3.20. The highest BCUT2D eigenvalue weighted by Crippen LogP contribution is 2.28. The Labute approximate surface area is 111 Å². The molecule has 1 atom stereocenters. The van der Waals surface area contributed by atoms with Gasteiger partial charge in [0.15, 0.2) is 0 Å². The topological polar surface area (TPSA) is 51.0 Å². The quantitative estimate of drug-likeness (QED) is 0.779. The molecule has 0 bridgehead atoms. The second-order valence-corrected chi connectivity index (χ2v) is 4.59. The van der Waals surface area contributed by atoms with Crippen molar-refractivity contribution >= 4 is 11.0 Å². The van der Waals surface area contributed by atoms with Gasteiger partial charge < -0.3 is 9.73 Å². The zero-order valence-electron chi connectivity index (χ0n) is 10.9. The maximum atomic E-state index is 5.92. The molecular formula is C15H15N3O. The summed E-state index contributed by atoms with van der Waals surface area (Å²) in [6.07, 6.45) is 3.44. The highest BCUT2D eigenvalue weighted by molar-refractivity contribution is 5.78. The van der Waals surface area contributed by atoms with Crippen molar-refractivity contribution in [2.45, 2.75) is 13.0 Å². The predicted octanol–water partition coefficient (Wildman–Crippen LogP) is 2.84. The summed E-state index contributed by atoms with van der Waals surface area (Å²) in [5.41, 5.74) is 3.17. The highest BCUT2D eigenvalue weighted by Gasteiger charge is 2.17. The Hall–Kier alpha value is -2.20. The summed E-state index contributed by atoms with van der Waals surface area (Å²) in [7, 11) is 1.91. The molecule has 0 saturated heterocycles. The lowest BCUT2D eigenvalue weighted by molar-refractivity contribution is 0.490. The summed E-state index contributed by atoms with van der Waals surface area (Å²) in [6.45, 7) is 2.08. The van der Waals surface area contributed by atoms with Crippen LogP contribution in [-0.4, -0.2) is 17.2 Å². The van der Waals surface area contributed by atoms with E-state index in [-0.39, 0.29) is 6.04 Å². The number of furan rings is 1. The van der Waals surface area contributed by atoms with Crippen LogP contribution in [0, 0.1) is 6.92 Å². The number of fused-ring (bicyclic) bond motifs is 1. The Morgan fingerprint density at radius 2 is 2.05 bits per heavy atom. The first-order valence-corrected chi connectivity index (χ1v) is 6.22. The van der Waals surface area contributed by atoms with E-state index in [1.54, 1.807) is 12.4 Å². The molecule has 3 aromatic rings. The van der Waals surface area contributed by atoms with E-state index in [1.807, 2.05) is 19.2 Å². The fourth-order valence-corrected chi connectivity index (χ4v) is 2.27. The Kier molecular flexibility index (Phi) is 3.01. The van der Waals surface area contributed by atoms with Gasteiger partial charge in [-0.1, -0.05) is 11.6 Å². The van der Waals surface area contributed by atoms with Gasteiger partial charge in [0, 0.05) is 11.6 Å². The molecule has 2 aromatic heterocycles. The second kappa shape index (κ2) is 4.82. The first-order chi connectivity index (χ1) is 9.28. The van der Waals surface area contributed by atoms with E-state index < -0.39 is 0 Å². The molecule has 19 heavy (non-hydrogen) atoms. The number of rotatable bonds is 3. The van der Waals surface area contributed by atoms with Gasteiger partial charge in [-0.15, -0.1) is 0 Å². The van der Waals surface area contributed by atoms with Crippen molar-refractivity contribution in [1.82, 2.24) is 15.5 Å². The summed E-state index contributed by atoms with van der Waals surface area (Å²) >= 11 is 0. The fourth-order valence-electron chi connectivity index (χ4n) is 2.27. The van der Waals surface area contributed by atoms with Crippen LogP contribution >= 0.6 is 0 Å². The van der Waals surface area contributed by atoms with Gasteiger partial charge in [-0.25, -0.2) is 0 Å². The standard InChI is InChI=1S/C15H15N3O/c1-10-3-4-13-12(7-10)8-14(19-13)15(16-2)11-5-6-17-18-9-11/h3-9,15-16H,1-2H3. The zero-order valence-corrected chi connectivity index (χ0v) is 10.9. The van der Waals surface area contributed by atoms with E-state index in [9.17, 15) is 0 Å². The first-order valence-electron chi connectivity index (χ1n) is 6.22. The Bertz CT molecular complexity index is 691. The third kappa shape index (κ3) is 2.22. The molecule has 4 nitrogen and oxygen atoms in total. The number of nitrogens with zero attached hydrogens (tertiary/aromatic N) is 2. The van der Waals surface area contributed by atoms with Crippen molar-refractivity contribution in [2.75, 3.05) is 7.05 Å². The van der Waals surface area contributed by atoms with Gasteiger partial charge in [-0.3, -0.25) is 0 Å². The van der Waals surface area contributed by atoms with Crippen LogP contribution < -0.4 is 5.32 Å². The molecule has 96 valence electrons. The van der Waals surface area contributed by atoms with Crippen LogP contribution in [-0.2, 0) is 0 Å². The molecule has 0 saturated carbocycles. The lowest BCUT2D eigenvalue weighted by Gasteiger charge is -2.12. The van der Waals surface area contributed by atoms with Crippen molar-refractivity contribution in [2.24, 2.45) is 0 Å². The summed E-state index contributed by atoms with van der Waals surface area (Å²) in [6, 6.07) is 10.2. The van der Waals surface area contributed by atoms with Crippen molar-refractivity contribution in [3.8, 4) is 0 Å². The van der Waals surface area contributed by atoms with Crippen LogP contribution in [0.4, 0.5) is 0 Å². The largest absolute Gasteiger partial charge is 0.459 e. The van der Waals surface area contributed by atoms with E-state index >= 15 is 0 Å². The maximum absolute atomic E-state index is 5.92. The minimum atomic E-state index is -0.0109. The normalized spacial score (nSPS) is 12.7. The molecule has 0 spiro atoms. The van der Waals surface area contributed by atoms with Crippen molar-refractivity contribution in [3.63, 3.8) is 0 Å². The Morgan fingerprint density at radius 1 is 1.16 bits per heavy atom. The molecule has 1 N–H and O–H groups in total. The molecule has 0 fully saturated rings.